The molecule has 2 heterocycles. The molecule has 1 atom stereocenters. The Morgan fingerprint density at radius 3 is 2.84 bits per heavy atom. The molecule has 1 aromatic rings. The maximum atomic E-state index is 13.8. The van der Waals surface area contributed by atoms with Gasteiger partial charge in [0.1, 0.15) is 5.82 Å². The van der Waals surface area contributed by atoms with Crippen molar-refractivity contribution in [2.45, 2.75) is 37.5 Å². The van der Waals surface area contributed by atoms with E-state index in [2.05, 4.69) is 0 Å². The van der Waals surface area contributed by atoms with Gasteiger partial charge in [0.25, 0.3) is 0 Å². The minimum Gasteiger partial charge on any atom is -0.384 e. The lowest BCUT2D eigenvalue weighted by atomic mass is 9.73. The summed E-state index contributed by atoms with van der Waals surface area (Å²) in [5.74, 6) is 0.370. The number of methoxy groups -OCH3 is 1. The van der Waals surface area contributed by atoms with Gasteiger partial charge in [-0.25, -0.2) is 4.39 Å². The predicted octanol–water partition coefficient (Wildman–Crippen LogP) is 3.15. The van der Waals surface area contributed by atoms with Gasteiger partial charge in [0.2, 0.25) is 5.91 Å². The average Bonchev–Trinajstić information content (AvgIpc) is 2.88. The van der Waals surface area contributed by atoms with E-state index in [4.69, 9.17) is 9.47 Å². The molecule has 4 nitrogen and oxygen atoms in total. The van der Waals surface area contributed by atoms with Crippen LogP contribution in [-0.4, -0.2) is 50.8 Å². The van der Waals surface area contributed by atoms with E-state index in [1.807, 2.05) is 11.0 Å². The number of benzene rings is 1. The van der Waals surface area contributed by atoms with E-state index in [1.54, 1.807) is 13.2 Å². The second kappa shape index (κ2) is 8.28. The van der Waals surface area contributed by atoms with Gasteiger partial charge in [-0.2, -0.15) is 0 Å². The topological polar surface area (TPSA) is 38.8 Å². The molecule has 0 spiro atoms. The van der Waals surface area contributed by atoms with E-state index < -0.39 is 5.41 Å². The Bertz CT molecular complexity index is 586. The van der Waals surface area contributed by atoms with Crippen molar-refractivity contribution in [3.63, 3.8) is 0 Å². The molecule has 0 radical (unpaired) electrons. The molecule has 2 aliphatic rings. The van der Waals surface area contributed by atoms with Crippen LogP contribution < -0.4 is 0 Å². The molecule has 0 N–H and O–H groups in total. The van der Waals surface area contributed by atoms with Crippen LogP contribution in [0.25, 0.3) is 0 Å². The monoisotopic (exact) mass is 349 g/mol. The number of hydrogen-bond donors (Lipinski definition) is 0. The molecule has 138 valence electrons. The molecule has 2 aliphatic heterocycles. The fraction of sp³-hybridized carbons (Fsp3) is 0.650. The lowest BCUT2D eigenvalue weighted by Crippen LogP contribution is -2.50. The molecule has 0 saturated carbocycles. The molecule has 1 unspecified atom stereocenters. The largest absolute Gasteiger partial charge is 0.384 e. The number of ether oxygens (including phenoxy) is 2. The van der Waals surface area contributed by atoms with Crippen LogP contribution in [0.4, 0.5) is 4.39 Å². The van der Waals surface area contributed by atoms with Crippen LogP contribution in [0.2, 0.25) is 0 Å². The van der Waals surface area contributed by atoms with Crippen molar-refractivity contribution in [2.24, 2.45) is 5.92 Å². The molecule has 1 aromatic carbocycles. The highest BCUT2D eigenvalue weighted by Gasteiger charge is 2.44. The van der Waals surface area contributed by atoms with Gasteiger partial charge < -0.3 is 14.4 Å². The van der Waals surface area contributed by atoms with Gasteiger partial charge in [0, 0.05) is 40.0 Å². The third-order valence-electron chi connectivity index (χ3n) is 5.67. The molecule has 2 fully saturated rings. The highest BCUT2D eigenvalue weighted by Crippen LogP contribution is 2.38. The van der Waals surface area contributed by atoms with Gasteiger partial charge in [0.05, 0.1) is 5.41 Å². The van der Waals surface area contributed by atoms with Crippen LogP contribution >= 0.6 is 0 Å². The lowest BCUT2D eigenvalue weighted by Gasteiger charge is -2.40. The maximum Gasteiger partial charge on any atom is 0.233 e. The Labute approximate surface area is 149 Å². The van der Waals surface area contributed by atoms with Crippen LogP contribution in [-0.2, 0) is 19.7 Å². The normalized spacial score (nSPS) is 23.9. The Balaban J connectivity index is 1.82. The van der Waals surface area contributed by atoms with Crippen molar-refractivity contribution in [3.8, 4) is 0 Å². The van der Waals surface area contributed by atoms with Gasteiger partial charge >= 0.3 is 0 Å². The summed E-state index contributed by atoms with van der Waals surface area (Å²) in [4.78, 5) is 15.5. The van der Waals surface area contributed by atoms with Crippen LogP contribution in [0.15, 0.2) is 24.3 Å². The first kappa shape index (κ1) is 18.3. The minimum absolute atomic E-state index is 0.138. The van der Waals surface area contributed by atoms with E-state index in [1.165, 1.54) is 12.1 Å². The first-order valence-corrected chi connectivity index (χ1v) is 9.28. The summed E-state index contributed by atoms with van der Waals surface area (Å²) >= 11 is 0. The molecule has 1 amide bonds. The SMILES string of the molecule is COCC1CCCN(C(=O)C2(c3cccc(F)c3)CCOCC2)CC1. The summed E-state index contributed by atoms with van der Waals surface area (Å²) in [6.45, 7) is 3.37. The molecular formula is C20H28FNO3. The molecule has 3 rings (SSSR count). The van der Waals surface area contributed by atoms with Crippen molar-refractivity contribution in [1.82, 2.24) is 4.90 Å². The number of likely N-dealkylation sites (tertiary alicyclic amines) is 1. The third kappa shape index (κ3) is 4.04. The zero-order valence-electron chi connectivity index (χ0n) is 15.0. The summed E-state index contributed by atoms with van der Waals surface area (Å²) in [5.41, 5.74) is 0.139. The molecule has 5 heteroatoms. The smallest absolute Gasteiger partial charge is 0.233 e. The fourth-order valence-corrected chi connectivity index (χ4v) is 4.21. The van der Waals surface area contributed by atoms with Gasteiger partial charge in [0.15, 0.2) is 0 Å². The highest BCUT2D eigenvalue weighted by atomic mass is 19.1. The third-order valence-corrected chi connectivity index (χ3v) is 5.67. The van der Waals surface area contributed by atoms with Crippen molar-refractivity contribution in [2.75, 3.05) is 40.0 Å². The van der Waals surface area contributed by atoms with Crippen LogP contribution in [0.5, 0.6) is 0 Å². The Morgan fingerprint density at radius 2 is 2.12 bits per heavy atom. The van der Waals surface area contributed by atoms with E-state index >= 15 is 0 Å². The zero-order valence-corrected chi connectivity index (χ0v) is 15.0. The first-order chi connectivity index (χ1) is 12.2. The standard InChI is InChI=1S/C20H28FNO3/c1-24-15-16-4-3-10-22(11-7-16)19(23)20(8-12-25-13-9-20)17-5-2-6-18(21)14-17/h2,5-6,14,16H,3-4,7-13,15H2,1H3. The summed E-state index contributed by atoms with van der Waals surface area (Å²) in [6, 6.07) is 6.54. The molecule has 25 heavy (non-hydrogen) atoms. The second-order valence-corrected chi connectivity index (χ2v) is 7.25. The number of carbonyl (C=O) groups excluding carboxylic acids is 1. The fourth-order valence-electron chi connectivity index (χ4n) is 4.21. The number of carbonyl (C=O) groups is 1. The van der Waals surface area contributed by atoms with Gasteiger partial charge in [-0.1, -0.05) is 12.1 Å². The quantitative estimate of drug-likeness (QED) is 0.838. The molecule has 2 saturated heterocycles. The average molecular weight is 349 g/mol. The van der Waals surface area contributed by atoms with Crippen LogP contribution in [0.1, 0.15) is 37.7 Å². The number of amides is 1. The second-order valence-electron chi connectivity index (χ2n) is 7.25. The Kier molecular flexibility index (Phi) is 6.07. The Hall–Kier alpha value is -1.46. The lowest BCUT2D eigenvalue weighted by molar-refractivity contribution is -0.141. The Morgan fingerprint density at radius 1 is 1.32 bits per heavy atom. The van der Waals surface area contributed by atoms with Gasteiger partial charge in [-0.15, -0.1) is 0 Å². The van der Waals surface area contributed by atoms with Crippen molar-refractivity contribution < 1.29 is 18.7 Å². The minimum atomic E-state index is -0.651. The van der Waals surface area contributed by atoms with E-state index in [0.29, 0.717) is 32.0 Å². The molecule has 0 bridgehead atoms. The summed E-state index contributed by atoms with van der Waals surface area (Å²) in [6.07, 6.45) is 4.29. The first-order valence-electron chi connectivity index (χ1n) is 9.28. The van der Waals surface area contributed by atoms with Crippen molar-refractivity contribution >= 4 is 5.91 Å². The number of halogens is 1. The predicted molar refractivity (Wildman–Crippen MR) is 93.9 cm³/mol. The summed E-state index contributed by atoms with van der Waals surface area (Å²) < 4.78 is 24.6. The number of rotatable bonds is 4. The van der Waals surface area contributed by atoms with Crippen molar-refractivity contribution in [3.05, 3.63) is 35.6 Å². The number of nitrogens with zero attached hydrogens (tertiary/aromatic N) is 1. The van der Waals surface area contributed by atoms with Crippen molar-refractivity contribution in [1.29, 1.82) is 0 Å². The molecule has 0 aromatic heterocycles. The van der Waals surface area contributed by atoms with E-state index in [0.717, 1.165) is 44.5 Å². The van der Waals surface area contributed by atoms with E-state index in [-0.39, 0.29) is 11.7 Å². The summed E-state index contributed by atoms with van der Waals surface area (Å²) in [7, 11) is 1.73. The van der Waals surface area contributed by atoms with Gasteiger partial charge in [-0.3, -0.25) is 4.79 Å². The maximum absolute atomic E-state index is 13.8. The van der Waals surface area contributed by atoms with Crippen LogP contribution in [0.3, 0.4) is 0 Å². The van der Waals surface area contributed by atoms with Gasteiger partial charge in [-0.05, 0) is 55.7 Å². The zero-order chi connectivity index (χ0) is 17.7. The summed E-state index contributed by atoms with van der Waals surface area (Å²) in [5, 5.41) is 0. The highest BCUT2D eigenvalue weighted by molar-refractivity contribution is 5.88. The number of hydrogen-bond acceptors (Lipinski definition) is 3. The van der Waals surface area contributed by atoms with E-state index in [9.17, 15) is 9.18 Å². The van der Waals surface area contributed by atoms with Crippen LogP contribution in [0, 0.1) is 11.7 Å². The molecular weight excluding hydrogens is 321 g/mol. The molecule has 0 aliphatic carbocycles.